The lowest BCUT2D eigenvalue weighted by Crippen LogP contribution is -2.35. The van der Waals surface area contributed by atoms with E-state index in [9.17, 15) is 0 Å². The summed E-state index contributed by atoms with van der Waals surface area (Å²) in [5.74, 6) is 0. The van der Waals surface area contributed by atoms with Gasteiger partial charge in [0.25, 0.3) is 0 Å². The molecular weight excluding hydrogens is 278 g/mol. The van der Waals surface area contributed by atoms with E-state index in [1.54, 1.807) is 6.20 Å². The number of nitrogens with one attached hydrogen (secondary N) is 1. The van der Waals surface area contributed by atoms with E-state index in [2.05, 4.69) is 22.6 Å². The van der Waals surface area contributed by atoms with Gasteiger partial charge in [0.1, 0.15) is 0 Å². The van der Waals surface area contributed by atoms with Crippen LogP contribution in [-0.2, 0) is 0 Å². The minimum atomic E-state index is 0.356. The Kier molecular flexibility index (Phi) is 4.24. The summed E-state index contributed by atoms with van der Waals surface area (Å²) < 4.78 is 0.356. The second-order valence-corrected chi connectivity index (χ2v) is 7.18. The molecule has 1 aromatic carbocycles. The maximum absolute atomic E-state index is 6.16. The van der Waals surface area contributed by atoms with E-state index in [1.807, 2.05) is 30.0 Å². The van der Waals surface area contributed by atoms with Crippen LogP contribution in [0.3, 0.4) is 0 Å². The Hall–Kier alpha value is -1.42. The van der Waals surface area contributed by atoms with Gasteiger partial charge in [-0.25, -0.2) is 0 Å². The highest BCUT2D eigenvalue weighted by Gasteiger charge is 2.31. The third-order valence-corrected chi connectivity index (χ3v) is 6.01. The average Bonchev–Trinajstić information content (AvgIpc) is 2.55. The topological polar surface area (TPSA) is 50.9 Å². The van der Waals surface area contributed by atoms with E-state index in [0.29, 0.717) is 4.75 Å². The summed E-state index contributed by atoms with van der Waals surface area (Å²) in [4.78, 5) is 4.40. The van der Waals surface area contributed by atoms with Crippen molar-refractivity contribution in [2.24, 2.45) is 0 Å². The average molecular weight is 301 g/mol. The molecule has 3 rings (SSSR count). The molecule has 1 saturated carbocycles. The number of benzene rings is 1. The van der Waals surface area contributed by atoms with Crippen molar-refractivity contribution >= 4 is 34.0 Å². The van der Waals surface area contributed by atoms with Crippen LogP contribution in [0.4, 0.5) is 11.4 Å². The summed E-state index contributed by atoms with van der Waals surface area (Å²) >= 11 is 2.00. The third kappa shape index (κ3) is 2.95. The fraction of sp³-hybridized carbons (Fsp3) is 0.471. The summed E-state index contributed by atoms with van der Waals surface area (Å²) in [7, 11) is 0. The Balaban J connectivity index is 1.86. The van der Waals surface area contributed by atoms with Gasteiger partial charge in [-0.1, -0.05) is 37.5 Å². The number of para-hydroxylation sites is 1. The molecule has 0 radical (unpaired) electrons. The molecule has 0 aliphatic heterocycles. The molecule has 0 atom stereocenters. The molecule has 1 aliphatic carbocycles. The molecule has 1 heterocycles. The molecule has 0 unspecified atom stereocenters. The lowest BCUT2D eigenvalue weighted by atomic mass is 9.88. The number of rotatable bonds is 4. The Morgan fingerprint density at radius 2 is 2.00 bits per heavy atom. The summed E-state index contributed by atoms with van der Waals surface area (Å²) in [6, 6.07) is 8.18. The van der Waals surface area contributed by atoms with Crippen molar-refractivity contribution < 1.29 is 0 Å². The van der Waals surface area contributed by atoms with E-state index in [1.165, 1.54) is 32.1 Å². The van der Waals surface area contributed by atoms with Gasteiger partial charge in [-0.2, -0.15) is 11.8 Å². The molecule has 0 bridgehead atoms. The van der Waals surface area contributed by atoms with Crippen molar-refractivity contribution in [1.29, 1.82) is 0 Å². The lowest BCUT2D eigenvalue weighted by Gasteiger charge is -2.36. The fourth-order valence-corrected chi connectivity index (χ4v) is 4.17. The molecular formula is C17H23N3S. The monoisotopic (exact) mass is 301 g/mol. The molecule has 4 heteroatoms. The van der Waals surface area contributed by atoms with Crippen molar-refractivity contribution in [3.05, 3.63) is 30.5 Å². The summed E-state index contributed by atoms with van der Waals surface area (Å²) in [5, 5.41) is 4.75. The zero-order valence-corrected chi connectivity index (χ0v) is 13.4. The first-order valence-corrected chi connectivity index (χ1v) is 8.89. The first-order chi connectivity index (χ1) is 10.2. The van der Waals surface area contributed by atoms with E-state index in [4.69, 9.17) is 5.73 Å². The van der Waals surface area contributed by atoms with E-state index in [0.717, 1.165) is 28.8 Å². The maximum Gasteiger partial charge on any atom is 0.0743 e. The van der Waals surface area contributed by atoms with Gasteiger partial charge in [-0.3, -0.25) is 4.98 Å². The SMILES string of the molecule is CSC1(CNc2c(N)cnc3ccccc23)CCCCC1. The third-order valence-electron chi connectivity index (χ3n) is 4.59. The number of anilines is 2. The first-order valence-electron chi connectivity index (χ1n) is 7.66. The van der Waals surface area contributed by atoms with Crippen molar-refractivity contribution in [3.8, 4) is 0 Å². The molecule has 21 heavy (non-hydrogen) atoms. The summed E-state index contributed by atoms with van der Waals surface area (Å²) in [5.41, 5.74) is 8.93. The van der Waals surface area contributed by atoms with Gasteiger partial charge in [0.2, 0.25) is 0 Å². The number of pyridine rings is 1. The zero-order chi connectivity index (χ0) is 14.7. The second-order valence-electron chi connectivity index (χ2n) is 5.91. The number of hydrogen-bond donors (Lipinski definition) is 2. The molecule has 3 nitrogen and oxygen atoms in total. The number of fused-ring (bicyclic) bond motifs is 1. The van der Waals surface area contributed by atoms with Crippen LogP contribution in [0.15, 0.2) is 30.5 Å². The number of aromatic nitrogens is 1. The minimum absolute atomic E-state index is 0.356. The van der Waals surface area contributed by atoms with E-state index < -0.39 is 0 Å². The van der Waals surface area contributed by atoms with Crippen molar-refractivity contribution in [1.82, 2.24) is 4.98 Å². The zero-order valence-electron chi connectivity index (χ0n) is 12.6. The molecule has 0 saturated heterocycles. The predicted octanol–water partition coefficient (Wildman–Crippen LogP) is 4.29. The Morgan fingerprint density at radius 3 is 2.76 bits per heavy atom. The maximum atomic E-state index is 6.16. The normalized spacial score (nSPS) is 17.8. The quantitative estimate of drug-likeness (QED) is 0.884. The van der Waals surface area contributed by atoms with Gasteiger partial charge in [0, 0.05) is 16.7 Å². The van der Waals surface area contributed by atoms with Crippen LogP contribution < -0.4 is 11.1 Å². The number of nitrogen functional groups attached to an aromatic ring is 1. The predicted molar refractivity (Wildman–Crippen MR) is 94.0 cm³/mol. The van der Waals surface area contributed by atoms with Crippen LogP contribution in [0.2, 0.25) is 0 Å². The van der Waals surface area contributed by atoms with E-state index in [-0.39, 0.29) is 0 Å². The van der Waals surface area contributed by atoms with E-state index >= 15 is 0 Å². The van der Waals surface area contributed by atoms with Crippen LogP contribution in [0.25, 0.3) is 10.9 Å². The number of thioether (sulfide) groups is 1. The van der Waals surface area contributed by atoms with Gasteiger partial charge in [0.05, 0.1) is 23.1 Å². The van der Waals surface area contributed by atoms with Gasteiger partial charge < -0.3 is 11.1 Å². The van der Waals surface area contributed by atoms with Gasteiger partial charge in [0.15, 0.2) is 0 Å². The molecule has 0 amide bonds. The highest BCUT2D eigenvalue weighted by Crippen LogP contribution is 2.39. The molecule has 1 fully saturated rings. The van der Waals surface area contributed by atoms with Crippen LogP contribution in [-0.4, -0.2) is 22.5 Å². The lowest BCUT2D eigenvalue weighted by molar-refractivity contribution is 0.411. The van der Waals surface area contributed by atoms with Gasteiger partial charge >= 0.3 is 0 Å². The molecule has 3 N–H and O–H groups in total. The molecule has 2 aromatic rings. The summed E-state index contributed by atoms with van der Waals surface area (Å²) in [6.07, 6.45) is 10.7. The molecule has 112 valence electrons. The Labute approximate surface area is 130 Å². The van der Waals surface area contributed by atoms with Gasteiger partial charge in [-0.15, -0.1) is 0 Å². The molecule has 1 aliphatic rings. The van der Waals surface area contributed by atoms with Crippen LogP contribution in [0, 0.1) is 0 Å². The smallest absolute Gasteiger partial charge is 0.0743 e. The first kappa shape index (κ1) is 14.5. The standard InChI is InChI=1S/C17H23N3S/c1-21-17(9-5-2-6-10-17)12-20-16-13-7-3-4-8-15(13)19-11-14(16)18/h3-4,7-8,11H,2,5-6,9-10,12,18H2,1H3,(H,19,20). The number of nitrogens with two attached hydrogens (primary N) is 1. The van der Waals surface area contributed by atoms with Crippen LogP contribution in [0.1, 0.15) is 32.1 Å². The largest absolute Gasteiger partial charge is 0.396 e. The molecule has 1 aromatic heterocycles. The minimum Gasteiger partial charge on any atom is -0.396 e. The highest BCUT2D eigenvalue weighted by atomic mass is 32.2. The van der Waals surface area contributed by atoms with Crippen LogP contribution >= 0.6 is 11.8 Å². The van der Waals surface area contributed by atoms with Crippen LogP contribution in [0.5, 0.6) is 0 Å². The van der Waals surface area contributed by atoms with Crippen molar-refractivity contribution in [3.63, 3.8) is 0 Å². The van der Waals surface area contributed by atoms with Gasteiger partial charge in [-0.05, 0) is 25.2 Å². The number of nitrogens with zero attached hydrogens (tertiary/aromatic N) is 1. The highest BCUT2D eigenvalue weighted by molar-refractivity contribution is 8.00. The fourth-order valence-electron chi connectivity index (χ4n) is 3.25. The van der Waals surface area contributed by atoms with Crippen molar-refractivity contribution in [2.75, 3.05) is 23.9 Å². The summed E-state index contributed by atoms with van der Waals surface area (Å²) in [6.45, 7) is 0.979. The molecule has 0 spiro atoms. The second kappa shape index (κ2) is 6.14. The number of hydrogen-bond acceptors (Lipinski definition) is 4. The van der Waals surface area contributed by atoms with Crippen molar-refractivity contribution in [2.45, 2.75) is 36.9 Å². The Bertz CT molecular complexity index is 620. The Morgan fingerprint density at radius 1 is 1.24 bits per heavy atom.